The van der Waals surface area contributed by atoms with Crippen molar-refractivity contribution in [2.24, 2.45) is 33.5 Å². The van der Waals surface area contributed by atoms with Gasteiger partial charge in [0, 0.05) is 11.8 Å². The molecule has 4 aliphatic carbocycles. The summed E-state index contributed by atoms with van der Waals surface area (Å²) < 4.78 is 0. The number of aliphatic hydroxyl groups excluding tert-OH is 1. The quantitative estimate of drug-likeness (QED) is 0.722. The molecule has 0 aromatic carbocycles. The first kappa shape index (κ1) is 15.2. The van der Waals surface area contributed by atoms with Gasteiger partial charge in [-0.1, -0.05) is 34.1 Å². The number of hydrogen-bond acceptors (Lipinski definition) is 2. The SMILES string of the molecule is CC1(C)CCC[C@@]2(C)[C@H]1C[C@H](O)[C@H]1CC(=O)[C@@]3(C)CC[C@]12C3. The van der Waals surface area contributed by atoms with Gasteiger partial charge < -0.3 is 5.11 Å². The summed E-state index contributed by atoms with van der Waals surface area (Å²) in [4.78, 5) is 12.7. The van der Waals surface area contributed by atoms with Crippen LogP contribution in [0.1, 0.15) is 79.1 Å². The molecule has 0 aliphatic heterocycles. The van der Waals surface area contributed by atoms with Crippen LogP contribution in [0.2, 0.25) is 0 Å². The summed E-state index contributed by atoms with van der Waals surface area (Å²) in [6.07, 6.45) is 8.46. The standard InChI is InChI=1S/C20H32O2/c1-17(2)6-5-7-19(4)15(17)11-14(21)13-10-16(22)18(3)8-9-20(13,19)12-18/h13-15,21H,5-12H2,1-4H3/t13-,14+,15+,18+,19+,20+/m1/s1. The van der Waals surface area contributed by atoms with Gasteiger partial charge in [-0.25, -0.2) is 0 Å². The van der Waals surface area contributed by atoms with Crippen molar-refractivity contribution in [3.05, 3.63) is 0 Å². The third kappa shape index (κ3) is 1.58. The molecular formula is C20H32O2. The van der Waals surface area contributed by atoms with Crippen molar-refractivity contribution in [2.75, 3.05) is 0 Å². The summed E-state index contributed by atoms with van der Waals surface area (Å²) in [5.41, 5.74) is 0.768. The molecule has 1 spiro atoms. The first-order valence-corrected chi connectivity index (χ1v) is 9.36. The van der Waals surface area contributed by atoms with Crippen LogP contribution >= 0.6 is 0 Å². The first-order valence-electron chi connectivity index (χ1n) is 9.36. The predicted molar refractivity (Wildman–Crippen MR) is 87.4 cm³/mol. The number of Topliss-reactive ketones (excluding diaryl/α,β-unsaturated/α-hetero) is 1. The molecule has 2 heteroatoms. The largest absolute Gasteiger partial charge is 0.393 e. The number of aliphatic hydroxyl groups is 1. The van der Waals surface area contributed by atoms with E-state index in [0.717, 1.165) is 19.3 Å². The van der Waals surface area contributed by atoms with Crippen LogP contribution in [-0.2, 0) is 4.79 Å². The highest BCUT2D eigenvalue weighted by molar-refractivity contribution is 5.86. The molecule has 4 aliphatic rings. The second-order valence-electron chi connectivity index (χ2n) is 10.2. The summed E-state index contributed by atoms with van der Waals surface area (Å²) in [5, 5.41) is 11.0. The van der Waals surface area contributed by atoms with E-state index in [4.69, 9.17) is 0 Å². The van der Waals surface area contributed by atoms with E-state index in [2.05, 4.69) is 27.7 Å². The number of carbonyl (C=O) groups excluding carboxylic acids is 1. The Kier molecular flexibility index (Phi) is 2.88. The van der Waals surface area contributed by atoms with Gasteiger partial charge in [-0.15, -0.1) is 0 Å². The average molecular weight is 304 g/mol. The highest BCUT2D eigenvalue weighted by Crippen LogP contribution is 2.75. The van der Waals surface area contributed by atoms with E-state index >= 15 is 0 Å². The second kappa shape index (κ2) is 4.18. The molecule has 0 amide bonds. The zero-order valence-corrected chi connectivity index (χ0v) is 14.7. The first-order chi connectivity index (χ1) is 10.1. The number of carbonyl (C=O) groups is 1. The molecule has 4 saturated carbocycles. The molecule has 2 bridgehead atoms. The Morgan fingerprint density at radius 3 is 2.50 bits per heavy atom. The molecule has 4 rings (SSSR count). The molecule has 2 nitrogen and oxygen atoms in total. The van der Waals surface area contributed by atoms with Gasteiger partial charge in [0.05, 0.1) is 6.10 Å². The minimum Gasteiger partial charge on any atom is -0.393 e. The van der Waals surface area contributed by atoms with Gasteiger partial charge in [0.1, 0.15) is 5.78 Å². The lowest BCUT2D eigenvalue weighted by Crippen LogP contribution is -2.63. The van der Waals surface area contributed by atoms with E-state index in [1.807, 2.05) is 0 Å². The normalized spacial score (nSPS) is 56.4. The Morgan fingerprint density at radius 1 is 1.05 bits per heavy atom. The van der Waals surface area contributed by atoms with E-state index in [-0.39, 0.29) is 22.9 Å². The van der Waals surface area contributed by atoms with Crippen molar-refractivity contribution in [2.45, 2.75) is 85.2 Å². The van der Waals surface area contributed by atoms with Crippen molar-refractivity contribution in [3.63, 3.8) is 0 Å². The predicted octanol–water partition coefficient (Wildman–Crippen LogP) is 4.35. The summed E-state index contributed by atoms with van der Waals surface area (Å²) in [6.45, 7) is 9.56. The number of fused-ring (bicyclic) bond motifs is 2. The van der Waals surface area contributed by atoms with Crippen molar-refractivity contribution < 1.29 is 9.90 Å². The van der Waals surface area contributed by atoms with Crippen molar-refractivity contribution in [1.82, 2.24) is 0 Å². The van der Waals surface area contributed by atoms with Gasteiger partial charge in [0.25, 0.3) is 0 Å². The van der Waals surface area contributed by atoms with Crippen LogP contribution in [0, 0.1) is 33.5 Å². The van der Waals surface area contributed by atoms with E-state index in [0.29, 0.717) is 29.0 Å². The van der Waals surface area contributed by atoms with Gasteiger partial charge in [0.2, 0.25) is 0 Å². The topological polar surface area (TPSA) is 37.3 Å². The van der Waals surface area contributed by atoms with Gasteiger partial charge in [-0.2, -0.15) is 0 Å². The van der Waals surface area contributed by atoms with Crippen molar-refractivity contribution in [3.8, 4) is 0 Å². The van der Waals surface area contributed by atoms with Gasteiger partial charge in [-0.05, 0) is 66.6 Å². The summed E-state index contributed by atoms with van der Waals surface area (Å²) in [5.74, 6) is 1.27. The van der Waals surface area contributed by atoms with Gasteiger partial charge in [-0.3, -0.25) is 4.79 Å². The lowest BCUT2D eigenvalue weighted by atomic mass is 9.38. The van der Waals surface area contributed by atoms with E-state index in [1.165, 1.54) is 25.7 Å². The fourth-order valence-electron chi connectivity index (χ4n) is 7.69. The Labute approximate surface area is 135 Å². The lowest BCUT2D eigenvalue weighted by molar-refractivity contribution is -0.209. The number of ketones is 1. The third-order valence-corrected chi connectivity index (χ3v) is 8.93. The molecule has 6 atom stereocenters. The van der Waals surface area contributed by atoms with Crippen LogP contribution < -0.4 is 0 Å². The highest BCUT2D eigenvalue weighted by atomic mass is 16.3. The average Bonchev–Trinajstić information content (AvgIpc) is 2.74. The fraction of sp³-hybridized carbons (Fsp3) is 0.950. The molecular weight excluding hydrogens is 272 g/mol. The van der Waals surface area contributed by atoms with Crippen LogP contribution in [0.4, 0.5) is 0 Å². The second-order valence-corrected chi connectivity index (χ2v) is 10.2. The Hall–Kier alpha value is -0.370. The maximum Gasteiger partial charge on any atom is 0.139 e. The van der Waals surface area contributed by atoms with E-state index in [9.17, 15) is 9.90 Å². The Bertz CT molecular complexity index is 524. The minimum absolute atomic E-state index is 0.0945. The van der Waals surface area contributed by atoms with E-state index < -0.39 is 0 Å². The molecule has 0 heterocycles. The number of hydrogen-bond donors (Lipinski definition) is 1. The highest BCUT2D eigenvalue weighted by Gasteiger charge is 2.70. The molecule has 0 aromatic rings. The van der Waals surface area contributed by atoms with Crippen LogP contribution in [0.3, 0.4) is 0 Å². The van der Waals surface area contributed by atoms with Gasteiger partial charge in [0.15, 0.2) is 0 Å². The fourth-order valence-corrected chi connectivity index (χ4v) is 7.69. The molecule has 0 aromatic heterocycles. The lowest BCUT2D eigenvalue weighted by Gasteiger charge is -2.67. The van der Waals surface area contributed by atoms with E-state index in [1.54, 1.807) is 0 Å². The van der Waals surface area contributed by atoms with Gasteiger partial charge >= 0.3 is 0 Å². The summed E-state index contributed by atoms with van der Waals surface area (Å²) in [7, 11) is 0. The minimum atomic E-state index is -0.262. The van der Waals surface area contributed by atoms with Crippen LogP contribution in [0.15, 0.2) is 0 Å². The van der Waals surface area contributed by atoms with Crippen molar-refractivity contribution >= 4 is 5.78 Å². The molecule has 1 N–H and O–H groups in total. The molecule has 0 unspecified atom stereocenters. The molecule has 0 saturated heterocycles. The van der Waals surface area contributed by atoms with Crippen molar-refractivity contribution in [1.29, 1.82) is 0 Å². The number of rotatable bonds is 0. The van der Waals surface area contributed by atoms with Crippen LogP contribution in [-0.4, -0.2) is 17.0 Å². The van der Waals surface area contributed by atoms with Crippen LogP contribution in [0.25, 0.3) is 0 Å². The zero-order valence-electron chi connectivity index (χ0n) is 14.7. The maximum atomic E-state index is 12.7. The Balaban J connectivity index is 1.85. The molecule has 0 radical (unpaired) electrons. The smallest absolute Gasteiger partial charge is 0.139 e. The monoisotopic (exact) mass is 304 g/mol. The van der Waals surface area contributed by atoms with Crippen LogP contribution in [0.5, 0.6) is 0 Å². The maximum absolute atomic E-state index is 12.7. The molecule has 22 heavy (non-hydrogen) atoms. The third-order valence-electron chi connectivity index (χ3n) is 8.93. The Morgan fingerprint density at radius 2 is 1.77 bits per heavy atom. The molecule has 4 fully saturated rings. The molecule has 124 valence electrons. The zero-order chi connectivity index (χ0) is 16.0. The summed E-state index contributed by atoms with van der Waals surface area (Å²) in [6, 6.07) is 0. The summed E-state index contributed by atoms with van der Waals surface area (Å²) >= 11 is 0.